The fourth-order valence-electron chi connectivity index (χ4n) is 2.33. The predicted molar refractivity (Wildman–Crippen MR) is 91.0 cm³/mol. The van der Waals surface area contributed by atoms with E-state index in [1.807, 2.05) is 0 Å². The summed E-state index contributed by atoms with van der Waals surface area (Å²) in [6.07, 6.45) is 9.31. The molecule has 1 aromatic carbocycles. The van der Waals surface area contributed by atoms with Crippen molar-refractivity contribution in [3.05, 3.63) is 23.3 Å². The van der Waals surface area contributed by atoms with Gasteiger partial charge >= 0.3 is 0 Å². The lowest BCUT2D eigenvalue weighted by atomic mass is 9.97. The number of aryl methyl sites for hydroxylation is 1. The molecule has 1 aromatic rings. The first-order valence-corrected chi connectivity index (χ1v) is 9.19. The van der Waals surface area contributed by atoms with Gasteiger partial charge in [-0.1, -0.05) is 46.1 Å². The minimum atomic E-state index is 0.563. The minimum absolute atomic E-state index is 0.563. The number of hydrogen-bond acceptors (Lipinski definition) is 2. The molecule has 20 heavy (non-hydrogen) atoms. The van der Waals surface area contributed by atoms with Gasteiger partial charge in [0, 0.05) is 4.90 Å². The van der Waals surface area contributed by atoms with Crippen LogP contribution < -0.4 is 0 Å². The Bertz CT molecular complexity index is 387. The number of phenols is 1. The molecule has 0 atom stereocenters. The van der Waals surface area contributed by atoms with Gasteiger partial charge in [-0.15, -0.1) is 11.8 Å². The molecule has 114 valence electrons. The van der Waals surface area contributed by atoms with Crippen LogP contribution in [0.1, 0.15) is 70.4 Å². The summed E-state index contributed by atoms with van der Waals surface area (Å²) < 4.78 is 0. The average molecular weight is 295 g/mol. The van der Waals surface area contributed by atoms with Crippen LogP contribution in [0.5, 0.6) is 5.75 Å². The molecule has 1 nitrogen and oxygen atoms in total. The first kappa shape index (κ1) is 17.4. The summed E-state index contributed by atoms with van der Waals surface area (Å²) in [7, 11) is 0. The Hall–Kier alpha value is -0.630. The Morgan fingerprint density at radius 1 is 0.900 bits per heavy atom. The number of hydrogen-bond donors (Lipinski definition) is 1. The van der Waals surface area contributed by atoms with Gasteiger partial charge in [0.2, 0.25) is 0 Å². The molecule has 0 spiro atoms. The molecule has 1 N–H and O–H groups in total. The van der Waals surface area contributed by atoms with E-state index in [0.29, 0.717) is 5.75 Å². The van der Waals surface area contributed by atoms with E-state index < -0.39 is 0 Å². The van der Waals surface area contributed by atoms with Gasteiger partial charge in [0.25, 0.3) is 0 Å². The zero-order chi connectivity index (χ0) is 14.8. The quantitative estimate of drug-likeness (QED) is 0.424. The summed E-state index contributed by atoms with van der Waals surface area (Å²) in [6, 6.07) is 4.37. The van der Waals surface area contributed by atoms with Crippen molar-refractivity contribution < 1.29 is 5.11 Å². The molecule has 0 aliphatic carbocycles. The number of benzene rings is 1. The van der Waals surface area contributed by atoms with Crippen LogP contribution in [-0.2, 0) is 12.8 Å². The Balaban J connectivity index is 2.87. The van der Waals surface area contributed by atoms with Crippen LogP contribution >= 0.6 is 11.8 Å². The molecule has 0 aliphatic rings. The van der Waals surface area contributed by atoms with Gasteiger partial charge < -0.3 is 5.11 Å². The molecule has 2 heteroatoms. The number of thioether (sulfide) groups is 1. The van der Waals surface area contributed by atoms with Gasteiger partial charge in [-0.05, 0) is 55.1 Å². The van der Waals surface area contributed by atoms with E-state index in [0.717, 1.165) is 29.9 Å². The number of rotatable bonds is 10. The molecular weight excluding hydrogens is 264 g/mol. The first-order valence-electron chi connectivity index (χ1n) is 8.21. The molecule has 0 saturated heterocycles. The zero-order valence-corrected chi connectivity index (χ0v) is 14.2. The van der Waals surface area contributed by atoms with Crippen molar-refractivity contribution in [3.63, 3.8) is 0 Å². The van der Waals surface area contributed by atoms with Crippen LogP contribution in [0.3, 0.4) is 0 Å². The lowest BCUT2D eigenvalue weighted by molar-refractivity contribution is 0.452. The first-order chi connectivity index (χ1) is 9.74. The maximum absolute atomic E-state index is 10.6. The Labute approximate surface area is 129 Å². The van der Waals surface area contributed by atoms with Crippen LogP contribution in [0.25, 0.3) is 0 Å². The van der Waals surface area contributed by atoms with E-state index in [9.17, 15) is 5.11 Å². The molecule has 0 bridgehead atoms. The third-order valence-electron chi connectivity index (χ3n) is 3.68. The third kappa shape index (κ3) is 5.40. The summed E-state index contributed by atoms with van der Waals surface area (Å²) >= 11 is 1.80. The van der Waals surface area contributed by atoms with Crippen LogP contribution in [0.2, 0.25) is 0 Å². The molecule has 0 radical (unpaired) electrons. The Morgan fingerprint density at radius 3 is 2.20 bits per heavy atom. The van der Waals surface area contributed by atoms with Gasteiger partial charge in [0.15, 0.2) is 0 Å². The second kappa shape index (κ2) is 10.1. The fourth-order valence-corrected chi connectivity index (χ4v) is 3.41. The van der Waals surface area contributed by atoms with Crippen molar-refractivity contribution in [2.75, 3.05) is 5.75 Å². The summed E-state index contributed by atoms with van der Waals surface area (Å²) in [5.74, 6) is 1.67. The predicted octanol–water partition coefficient (Wildman–Crippen LogP) is 5.97. The Kier molecular flexibility index (Phi) is 8.84. The van der Waals surface area contributed by atoms with Crippen LogP contribution in [-0.4, -0.2) is 10.9 Å². The van der Waals surface area contributed by atoms with Crippen molar-refractivity contribution in [2.24, 2.45) is 0 Å². The molecule has 0 saturated carbocycles. The van der Waals surface area contributed by atoms with E-state index in [-0.39, 0.29) is 0 Å². The largest absolute Gasteiger partial charge is 0.506 e. The van der Waals surface area contributed by atoms with Gasteiger partial charge in [0.05, 0.1) is 0 Å². The Morgan fingerprint density at radius 2 is 1.55 bits per heavy atom. The molecule has 0 unspecified atom stereocenters. The maximum atomic E-state index is 10.6. The highest BCUT2D eigenvalue weighted by atomic mass is 32.2. The van der Waals surface area contributed by atoms with Crippen molar-refractivity contribution in [1.29, 1.82) is 0 Å². The molecular formula is C18H30OS. The topological polar surface area (TPSA) is 20.2 Å². The maximum Gasteiger partial charge on any atom is 0.132 e. The standard InChI is InChI=1S/C18H30OS/c1-4-7-10-15-12-13-17(20-14-9-6-3)18(19)16(15)11-8-5-2/h12-13,19H,4-11,14H2,1-3H3. The summed E-state index contributed by atoms with van der Waals surface area (Å²) in [5.41, 5.74) is 2.57. The lowest BCUT2D eigenvalue weighted by Crippen LogP contribution is -1.97. The molecule has 0 aliphatic heterocycles. The van der Waals surface area contributed by atoms with Gasteiger partial charge in [-0.2, -0.15) is 0 Å². The highest BCUT2D eigenvalue weighted by Gasteiger charge is 2.12. The minimum Gasteiger partial charge on any atom is -0.506 e. The number of phenolic OH excluding ortho intramolecular Hbond substituents is 1. The summed E-state index contributed by atoms with van der Waals surface area (Å²) in [6.45, 7) is 6.64. The van der Waals surface area contributed by atoms with E-state index in [2.05, 4.69) is 32.9 Å². The smallest absolute Gasteiger partial charge is 0.132 e. The second-order valence-electron chi connectivity index (χ2n) is 5.46. The van der Waals surface area contributed by atoms with Crippen LogP contribution in [0.4, 0.5) is 0 Å². The highest BCUT2D eigenvalue weighted by molar-refractivity contribution is 7.99. The van der Waals surface area contributed by atoms with Crippen molar-refractivity contribution in [1.82, 2.24) is 0 Å². The van der Waals surface area contributed by atoms with Gasteiger partial charge in [-0.3, -0.25) is 0 Å². The second-order valence-corrected chi connectivity index (χ2v) is 6.60. The summed E-state index contributed by atoms with van der Waals surface area (Å²) in [4.78, 5) is 1.07. The van der Waals surface area contributed by atoms with Crippen LogP contribution in [0, 0.1) is 0 Å². The van der Waals surface area contributed by atoms with Crippen molar-refractivity contribution >= 4 is 11.8 Å². The van der Waals surface area contributed by atoms with E-state index in [1.54, 1.807) is 11.8 Å². The SMILES string of the molecule is CCCCSc1ccc(CCCC)c(CCCC)c1O. The van der Waals surface area contributed by atoms with E-state index in [4.69, 9.17) is 0 Å². The van der Waals surface area contributed by atoms with Crippen molar-refractivity contribution in [3.8, 4) is 5.75 Å². The molecule has 0 amide bonds. The molecule has 0 heterocycles. The van der Waals surface area contributed by atoms with E-state index >= 15 is 0 Å². The molecule has 0 fully saturated rings. The number of aromatic hydroxyl groups is 1. The van der Waals surface area contributed by atoms with Crippen LogP contribution in [0.15, 0.2) is 17.0 Å². The number of unbranched alkanes of at least 4 members (excludes halogenated alkanes) is 3. The normalized spacial score (nSPS) is 10.9. The van der Waals surface area contributed by atoms with Crippen molar-refractivity contribution in [2.45, 2.75) is 77.0 Å². The molecule has 1 rings (SSSR count). The molecule has 0 aromatic heterocycles. The lowest BCUT2D eigenvalue weighted by Gasteiger charge is -2.14. The monoisotopic (exact) mass is 294 g/mol. The van der Waals surface area contributed by atoms with Gasteiger partial charge in [-0.25, -0.2) is 0 Å². The fraction of sp³-hybridized carbons (Fsp3) is 0.667. The van der Waals surface area contributed by atoms with Gasteiger partial charge in [0.1, 0.15) is 5.75 Å². The third-order valence-corrected chi connectivity index (χ3v) is 4.81. The highest BCUT2D eigenvalue weighted by Crippen LogP contribution is 2.35. The van der Waals surface area contributed by atoms with E-state index in [1.165, 1.54) is 43.2 Å². The average Bonchev–Trinajstić information content (AvgIpc) is 2.46. The zero-order valence-electron chi connectivity index (χ0n) is 13.4. The summed E-state index contributed by atoms with van der Waals surface area (Å²) in [5, 5.41) is 10.6.